The van der Waals surface area contributed by atoms with Crippen molar-refractivity contribution in [3.8, 4) is 0 Å². The van der Waals surface area contributed by atoms with E-state index in [0.29, 0.717) is 11.5 Å². The highest BCUT2D eigenvalue weighted by Crippen LogP contribution is 2.08. The maximum Gasteiger partial charge on any atom is 0.253 e. The summed E-state index contributed by atoms with van der Waals surface area (Å²) >= 11 is 3.45. The fourth-order valence-corrected chi connectivity index (χ4v) is 1.87. The van der Waals surface area contributed by atoms with E-state index in [-0.39, 0.29) is 5.91 Å². The zero-order chi connectivity index (χ0) is 12.7. The summed E-state index contributed by atoms with van der Waals surface area (Å²) in [6, 6.07) is 3.59. The van der Waals surface area contributed by atoms with Gasteiger partial charge in [-0.3, -0.25) is 9.78 Å². The van der Waals surface area contributed by atoms with Crippen LogP contribution < -0.4 is 5.32 Å². The normalized spacial score (nSPS) is 12.2. The van der Waals surface area contributed by atoms with E-state index in [1.54, 1.807) is 18.3 Å². The van der Waals surface area contributed by atoms with Gasteiger partial charge >= 0.3 is 0 Å². The van der Waals surface area contributed by atoms with E-state index in [1.165, 1.54) is 0 Å². The molecule has 3 nitrogen and oxygen atoms in total. The first-order chi connectivity index (χ1) is 8.15. The van der Waals surface area contributed by atoms with Crippen LogP contribution in [0.15, 0.2) is 18.3 Å². The molecule has 0 aliphatic heterocycles. The van der Waals surface area contributed by atoms with Crippen molar-refractivity contribution in [2.24, 2.45) is 5.92 Å². The smallest absolute Gasteiger partial charge is 0.253 e. The highest BCUT2D eigenvalue weighted by molar-refractivity contribution is 9.09. The fourth-order valence-electron chi connectivity index (χ4n) is 1.55. The largest absolute Gasteiger partial charge is 0.352 e. The topological polar surface area (TPSA) is 42.0 Å². The molecule has 17 heavy (non-hydrogen) atoms. The number of carbonyl (C=O) groups is 1. The van der Waals surface area contributed by atoms with Gasteiger partial charge in [-0.25, -0.2) is 0 Å². The van der Waals surface area contributed by atoms with Gasteiger partial charge in [0.25, 0.3) is 5.91 Å². The van der Waals surface area contributed by atoms with Crippen LogP contribution >= 0.6 is 15.9 Å². The molecule has 0 fully saturated rings. The van der Waals surface area contributed by atoms with Crippen molar-refractivity contribution in [1.29, 1.82) is 0 Å². The van der Waals surface area contributed by atoms with Crippen LogP contribution in [0.3, 0.4) is 0 Å². The molecule has 0 aromatic carbocycles. The van der Waals surface area contributed by atoms with Gasteiger partial charge in [0.1, 0.15) is 0 Å². The van der Waals surface area contributed by atoms with E-state index in [4.69, 9.17) is 0 Å². The summed E-state index contributed by atoms with van der Waals surface area (Å²) in [6.45, 7) is 4.77. The summed E-state index contributed by atoms with van der Waals surface area (Å²) in [5, 5.41) is 3.94. The minimum absolute atomic E-state index is 0.0258. The van der Waals surface area contributed by atoms with Crippen LogP contribution in [-0.2, 0) is 0 Å². The lowest BCUT2D eigenvalue weighted by Crippen LogP contribution is -2.25. The summed E-state index contributed by atoms with van der Waals surface area (Å²) < 4.78 is 0. The van der Waals surface area contributed by atoms with Crippen molar-refractivity contribution in [1.82, 2.24) is 10.3 Å². The van der Waals surface area contributed by atoms with Gasteiger partial charge in [-0.2, -0.15) is 0 Å². The third kappa shape index (κ3) is 4.86. The Morgan fingerprint density at radius 3 is 3.00 bits per heavy atom. The SMILES string of the molecule is Cc1ncccc1C(=O)NCCCC(C)CBr. The number of aromatic nitrogens is 1. The molecule has 1 atom stereocenters. The van der Waals surface area contributed by atoms with Crippen LogP contribution in [0.1, 0.15) is 35.8 Å². The average molecular weight is 299 g/mol. The highest BCUT2D eigenvalue weighted by Gasteiger charge is 2.08. The first kappa shape index (κ1) is 14.2. The van der Waals surface area contributed by atoms with Gasteiger partial charge in [0.15, 0.2) is 0 Å². The van der Waals surface area contributed by atoms with E-state index in [2.05, 4.69) is 33.2 Å². The van der Waals surface area contributed by atoms with Crippen molar-refractivity contribution >= 4 is 21.8 Å². The predicted molar refractivity (Wildman–Crippen MR) is 73.5 cm³/mol. The maximum absolute atomic E-state index is 11.8. The van der Waals surface area contributed by atoms with E-state index in [1.807, 2.05) is 6.92 Å². The number of halogens is 1. The van der Waals surface area contributed by atoms with Crippen molar-refractivity contribution in [2.75, 3.05) is 11.9 Å². The molecule has 0 saturated heterocycles. The fraction of sp³-hybridized carbons (Fsp3) is 0.538. The molecule has 1 heterocycles. The minimum atomic E-state index is -0.0258. The Morgan fingerprint density at radius 2 is 2.35 bits per heavy atom. The third-order valence-corrected chi connectivity index (χ3v) is 3.78. The number of nitrogens with one attached hydrogen (secondary N) is 1. The number of carbonyl (C=O) groups excluding carboxylic acids is 1. The number of alkyl halides is 1. The molecular weight excluding hydrogens is 280 g/mol. The number of aryl methyl sites for hydroxylation is 1. The molecule has 0 saturated carbocycles. The Kier molecular flexibility index (Phi) is 6.19. The van der Waals surface area contributed by atoms with Gasteiger partial charge in [0, 0.05) is 23.8 Å². The van der Waals surface area contributed by atoms with Crippen LogP contribution in [0, 0.1) is 12.8 Å². The average Bonchev–Trinajstić information content (AvgIpc) is 2.34. The molecular formula is C13H19BrN2O. The second kappa shape index (κ2) is 7.43. The molecule has 1 rings (SSSR count). The molecule has 0 radical (unpaired) electrons. The second-order valence-corrected chi connectivity index (χ2v) is 4.94. The van der Waals surface area contributed by atoms with Crippen LogP contribution in [0.5, 0.6) is 0 Å². The Balaban J connectivity index is 2.33. The number of hydrogen-bond donors (Lipinski definition) is 1. The molecule has 4 heteroatoms. The Hall–Kier alpha value is -0.900. The molecule has 0 aliphatic carbocycles. The lowest BCUT2D eigenvalue weighted by molar-refractivity contribution is 0.0951. The van der Waals surface area contributed by atoms with E-state index in [9.17, 15) is 4.79 Å². The van der Waals surface area contributed by atoms with Crippen LogP contribution in [0.4, 0.5) is 0 Å². The lowest BCUT2D eigenvalue weighted by atomic mass is 10.1. The summed E-state index contributed by atoms with van der Waals surface area (Å²) in [4.78, 5) is 15.9. The molecule has 1 aromatic rings. The van der Waals surface area contributed by atoms with E-state index >= 15 is 0 Å². The minimum Gasteiger partial charge on any atom is -0.352 e. The maximum atomic E-state index is 11.8. The van der Waals surface area contributed by atoms with Crippen molar-refractivity contribution in [2.45, 2.75) is 26.7 Å². The monoisotopic (exact) mass is 298 g/mol. The first-order valence-electron chi connectivity index (χ1n) is 5.91. The molecule has 1 aromatic heterocycles. The Bertz CT molecular complexity index is 368. The lowest BCUT2D eigenvalue weighted by Gasteiger charge is -2.09. The number of amides is 1. The number of rotatable bonds is 6. The van der Waals surface area contributed by atoms with Crippen LogP contribution in [0.25, 0.3) is 0 Å². The Labute approximate surface area is 111 Å². The zero-order valence-corrected chi connectivity index (χ0v) is 12.0. The highest BCUT2D eigenvalue weighted by atomic mass is 79.9. The van der Waals surface area contributed by atoms with Crippen molar-refractivity contribution < 1.29 is 4.79 Å². The summed E-state index contributed by atoms with van der Waals surface area (Å²) in [6.07, 6.45) is 3.83. The zero-order valence-electron chi connectivity index (χ0n) is 10.4. The quantitative estimate of drug-likeness (QED) is 0.648. The van der Waals surface area contributed by atoms with E-state index < -0.39 is 0 Å². The number of pyridine rings is 1. The van der Waals surface area contributed by atoms with Gasteiger partial charge in [0.05, 0.1) is 5.56 Å². The summed E-state index contributed by atoms with van der Waals surface area (Å²) in [5.41, 5.74) is 1.44. The third-order valence-electron chi connectivity index (χ3n) is 2.67. The first-order valence-corrected chi connectivity index (χ1v) is 7.03. The molecule has 1 unspecified atom stereocenters. The number of hydrogen-bond acceptors (Lipinski definition) is 2. The molecule has 1 N–H and O–H groups in total. The van der Waals surface area contributed by atoms with Gasteiger partial charge in [-0.05, 0) is 37.8 Å². The molecule has 1 amide bonds. The molecule has 0 bridgehead atoms. The summed E-state index contributed by atoms with van der Waals surface area (Å²) in [7, 11) is 0. The molecule has 0 aliphatic rings. The second-order valence-electron chi connectivity index (χ2n) is 4.29. The van der Waals surface area contributed by atoms with Gasteiger partial charge in [0.2, 0.25) is 0 Å². The van der Waals surface area contributed by atoms with Gasteiger partial charge < -0.3 is 5.32 Å². The predicted octanol–water partition coefficient (Wildman–Crippen LogP) is 2.93. The van der Waals surface area contributed by atoms with E-state index in [0.717, 1.165) is 30.4 Å². The van der Waals surface area contributed by atoms with Crippen molar-refractivity contribution in [3.05, 3.63) is 29.6 Å². The summed E-state index contributed by atoms with van der Waals surface area (Å²) in [5.74, 6) is 0.633. The van der Waals surface area contributed by atoms with Crippen LogP contribution in [-0.4, -0.2) is 22.8 Å². The molecule has 0 spiro atoms. The molecule has 94 valence electrons. The van der Waals surface area contributed by atoms with Gasteiger partial charge in [-0.1, -0.05) is 22.9 Å². The van der Waals surface area contributed by atoms with Gasteiger partial charge in [-0.15, -0.1) is 0 Å². The van der Waals surface area contributed by atoms with Crippen LogP contribution in [0.2, 0.25) is 0 Å². The van der Waals surface area contributed by atoms with Crippen molar-refractivity contribution in [3.63, 3.8) is 0 Å². The number of nitrogens with zero attached hydrogens (tertiary/aromatic N) is 1. The Morgan fingerprint density at radius 1 is 1.59 bits per heavy atom. The standard InChI is InChI=1S/C13H19BrN2O/c1-10(9-14)5-3-8-16-13(17)12-6-4-7-15-11(12)2/h4,6-7,10H,3,5,8-9H2,1-2H3,(H,16,17).